The van der Waals surface area contributed by atoms with Crippen molar-refractivity contribution < 1.29 is 22.8 Å². The van der Waals surface area contributed by atoms with Gasteiger partial charge in [0.1, 0.15) is 0 Å². The van der Waals surface area contributed by atoms with E-state index in [1.54, 1.807) is 0 Å². The van der Waals surface area contributed by atoms with Gasteiger partial charge in [-0.3, -0.25) is 0 Å². The summed E-state index contributed by atoms with van der Waals surface area (Å²) < 4.78 is 17.6. The largest absolute Gasteiger partial charge is 0.305 e. The Morgan fingerprint density at radius 3 is 2.04 bits per heavy atom. The molecule has 1 unspecified atom stereocenters. The second-order valence-electron chi connectivity index (χ2n) is 13.1. The van der Waals surface area contributed by atoms with Gasteiger partial charge in [-0.25, -0.2) is 0 Å². The normalized spacial score (nSPS) is 14.4. The van der Waals surface area contributed by atoms with Crippen LogP contribution < -0.4 is 5.19 Å². The van der Waals surface area contributed by atoms with Crippen LogP contribution in [0.15, 0.2) is 122 Å². The van der Waals surface area contributed by atoms with Gasteiger partial charge in [-0.15, -0.1) is 71.8 Å². The topological polar surface area (TPSA) is 25.8 Å². The minimum absolute atomic E-state index is 0. The molecule has 2 heterocycles. The first-order valence-electron chi connectivity index (χ1n) is 17.1. The first-order chi connectivity index (χ1) is 22.7. The molecule has 6 aromatic rings. The maximum absolute atomic E-state index is 8.95. The summed E-state index contributed by atoms with van der Waals surface area (Å²) in [6, 6.07) is 41.5. The van der Waals surface area contributed by atoms with Gasteiger partial charge in [0.2, 0.25) is 0 Å². The van der Waals surface area contributed by atoms with Gasteiger partial charge >= 0.3 is 0 Å². The third kappa shape index (κ3) is 7.81. The third-order valence-corrected chi connectivity index (χ3v) is 10.8. The maximum atomic E-state index is 8.95. The molecule has 0 spiro atoms. The first kappa shape index (κ1) is 30.9. The minimum Gasteiger partial charge on any atom is -0.305 e. The van der Waals surface area contributed by atoms with E-state index in [1.165, 1.54) is 42.0 Å². The zero-order valence-corrected chi connectivity index (χ0v) is 30.5. The maximum Gasteiger partial charge on any atom is 0.0828 e. The van der Waals surface area contributed by atoms with Crippen LogP contribution in [0.4, 0.5) is 0 Å². The predicted octanol–water partition coefficient (Wildman–Crippen LogP) is 10.8. The smallest absolute Gasteiger partial charge is 0.0828 e. The summed E-state index contributed by atoms with van der Waals surface area (Å²) in [5.74, 6) is 0.958. The van der Waals surface area contributed by atoms with Gasteiger partial charge in [0.15, 0.2) is 0 Å². The van der Waals surface area contributed by atoms with Crippen molar-refractivity contribution in [3.63, 3.8) is 0 Å². The van der Waals surface area contributed by atoms with E-state index in [4.69, 9.17) is 2.74 Å². The Hall–Kier alpha value is -3.69. The molecule has 0 saturated heterocycles. The number of hydrogen-bond donors (Lipinski definition) is 0. The van der Waals surface area contributed by atoms with Crippen molar-refractivity contribution >= 4 is 24.0 Å². The average molecular weight is 797 g/mol. The third-order valence-electron chi connectivity index (χ3n) is 8.93. The Morgan fingerprint density at radius 2 is 1.41 bits per heavy atom. The summed E-state index contributed by atoms with van der Waals surface area (Å²) in [6.07, 6.45) is 7.40. The molecule has 0 bridgehead atoms. The summed E-state index contributed by atoms with van der Waals surface area (Å²) in [5.41, 5.74) is 6.86. The number of pyridine rings is 2. The van der Waals surface area contributed by atoms with Crippen molar-refractivity contribution in [3.8, 4) is 33.6 Å². The Kier molecular flexibility index (Phi) is 10.3. The number of fused-ring (bicyclic) bond motifs is 1. The molecule has 0 N–H and O–H groups in total. The summed E-state index contributed by atoms with van der Waals surface area (Å²) in [6.45, 7) is 9.06. The van der Waals surface area contributed by atoms with Crippen LogP contribution in [0.1, 0.15) is 46.8 Å². The van der Waals surface area contributed by atoms with Crippen LogP contribution in [0, 0.1) is 18.1 Å². The Balaban J connectivity index is 0.000000185. The summed E-state index contributed by atoms with van der Waals surface area (Å²) in [4.78, 5) is 9.16. The molecule has 2 nitrogen and oxygen atoms in total. The van der Waals surface area contributed by atoms with Crippen LogP contribution in [-0.4, -0.2) is 18.0 Å². The van der Waals surface area contributed by atoms with E-state index in [0.29, 0.717) is 29.7 Å². The van der Waals surface area contributed by atoms with E-state index < -0.39 is 8.07 Å². The van der Waals surface area contributed by atoms with Crippen molar-refractivity contribution in [2.24, 2.45) is 5.92 Å². The van der Waals surface area contributed by atoms with Crippen LogP contribution in [0.5, 0.6) is 0 Å². The Morgan fingerprint density at radius 1 is 0.761 bits per heavy atom. The van der Waals surface area contributed by atoms with E-state index in [-0.39, 0.29) is 20.1 Å². The SMILES string of the molecule is [2H]c1nc(-c2[c-]cccc2)c([2H])c(C(C)C2CCCC2)c1[Si](C)(C)C.[Ir].[c-]1ccccc1-c1ccc(-c2cccc3ccccc23)cn1. The van der Waals surface area contributed by atoms with Gasteiger partial charge in [0.25, 0.3) is 0 Å². The van der Waals surface area contributed by atoms with Crippen molar-refractivity contribution in [3.05, 3.63) is 139 Å². The molecule has 1 saturated carbocycles. The van der Waals surface area contributed by atoms with E-state index >= 15 is 0 Å². The summed E-state index contributed by atoms with van der Waals surface area (Å²) in [5, 5.41) is 3.59. The summed E-state index contributed by atoms with van der Waals surface area (Å²) >= 11 is 0. The quantitative estimate of drug-likeness (QED) is 0.124. The molecule has 0 aliphatic heterocycles. The van der Waals surface area contributed by atoms with E-state index in [2.05, 4.69) is 103 Å². The van der Waals surface area contributed by atoms with Gasteiger partial charge in [0, 0.05) is 32.5 Å². The Bertz CT molecular complexity index is 1950. The first-order valence-corrected chi connectivity index (χ1v) is 19.6. The second kappa shape index (κ2) is 15.3. The number of nitrogens with zero attached hydrogens (tertiary/aromatic N) is 2. The van der Waals surface area contributed by atoms with Crippen LogP contribution in [0.2, 0.25) is 19.6 Å². The molecular formula is C42H42IrN2Si-2. The molecule has 2 aromatic heterocycles. The minimum atomic E-state index is -1.77. The standard InChI is InChI=1S/C21H28NSi.C21H14N.Ir/c1-16(17-10-8-9-11-17)19-14-20(18-12-6-5-7-13-18)22-15-21(19)23(2,3)4;1-2-8-17(9-3-1)21-14-13-18(15-22-21)20-12-6-10-16-7-4-5-11-19(16)20;/h5-7,12,14-17H,8-11H2,1-4H3;1-8,10-15H;/q2*-1;/i14D,15D;;. The molecule has 4 heteroatoms. The van der Waals surface area contributed by atoms with Crippen molar-refractivity contribution in [1.29, 1.82) is 0 Å². The average Bonchev–Trinajstić information content (AvgIpc) is 3.64. The number of hydrogen-bond acceptors (Lipinski definition) is 2. The molecule has 4 aromatic carbocycles. The van der Waals surface area contributed by atoms with Crippen LogP contribution in [-0.2, 0) is 20.1 Å². The summed E-state index contributed by atoms with van der Waals surface area (Å²) in [7, 11) is -1.77. The molecule has 7 rings (SSSR count). The second-order valence-corrected chi connectivity index (χ2v) is 18.1. The van der Waals surface area contributed by atoms with Crippen LogP contribution >= 0.6 is 0 Å². The van der Waals surface area contributed by atoms with E-state index in [9.17, 15) is 0 Å². The van der Waals surface area contributed by atoms with Crippen molar-refractivity contribution in [2.75, 3.05) is 0 Å². The van der Waals surface area contributed by atoms with Gasteiger partial charge in [-0.05, 0) is 63.2 Å². The van der Waals surface area contributed by atoms with Gasteiger partial charge in [0.05, 0.1) is 10.8 Å². The molecule has 46 heavy (non-hydrogen) atoms. The molecular weight excluding hydrogens is 753 g/mol. The molecule has 235 valence electrons. The zero-order valence-electron chi connectivity index (χ0n) is 29.1. The molecule has 1 aliphatic carbocycles. The van der Waals surface area contributed by atoms with Crippen molar-refractivity contribution in [1.82, 2.24) is 9.97 Å². The fourth-order valence-corrected chi connectivity index (χ4v) is 7.90. The zero-order chi connectivity index (χ0) is 33.0. The fourth-order valence-electron chi connectivity index (χ4n) is 6.41. The van der Waals surface area contributed by atoms with Gasteiger partial charge < -0.3 is 9.97 Å². The predicted molar refractivity (Wildman–Crippen MR) is 193 cm³/mol. The van der Waals surface area contributed by atoms with Crippen molar-refractivity contribution in [2.45, 2.75) is 58.2 Å². The monoisotopic (exact) mass is 797 g/mol. The molecule has 1 atom stereocenters. The van der Waals surface area contributed by atoms with Gasteiger partial charge in [-0.2, -0.15) is 0 Å². The molecule has 1 aliphatic rings. The van der Waals surface area contributed by atoms with E-state index in [1.807, 2.05) is 54.7 Å². The number of aromatic nitrogens is 2. The Labute approximate surface area is 292 Å². The molecule has 0 amide bonds. The molecule has 1 fully saturated rings. The van der Waals surface area contributed by atoms with E-state index in [0.717, 1.165) is 33.1 Å². The fraction of sp³-hybridized carbons (Fsp3) is 0.238. The number of benzene rings is 4. The number of rotatable bonds is 6. The van der Waals surface area contributed by atoms with Gasteiger partial charge in [-0.1, -0.05) is 106 Å². The van der Waals surface area contributed by atoms with Crippen LogP contribution in [0.25, 0.3) is 44.4 Å². The molecule has 1 radical (unpaired) electrons. The van der Waals surface area contributed by atoms with Crippen LogP contribution in [0.3, 0.4) is 0 Å².